The molecule has 4 rings (SSSR count). The maximum Gasteiger partial charge on any atom is 0.246 e. The monoisotopic (exact) mass is 347 g/mol. The van der Waals surface area contributed by atoms with Crippen LogP contribution in [-0.4, -0.2) is 40.6 Å². The lowest BCUT2D eigenvalue weighted by Gasteiger charge is -2.16. The molecule has 2 heterocycles. The summed E-state index contributed by atoms with van der Waals surface area (Å²) in [7, 11) is 1.64. The SMILES string of the molecule is COc1cccc(/C=C/C(=O)N2CC[C@H](n3cnc4ccccc43)C2)c1. The van der Waals surface area contributed by atoms with Gasteiger partial charge >= 0.3 is 0 Å². The fourth-order valence-corrected chi connectivity index (χ4v) is 3.46. The Morgan fingerprint density at radius 2 is 2.12 bits per heavy atom. The quantitative estimate of drug-likeness (QED) is 0.678. The zero-order valence-electron chi connectivity index (χ0n) is 14.7. The molecule has 0 bridgehead atoms. The first-order valence-electron chi connectivity index (χ1n) is 8.77. The second kappa shape index (κ2) is 7.04. The lowest BCUT2D eigenvalue weighted by molar-refractivity contribution is -0.125. The highest BCUT2D eigenvalue weighted by molar-refractivity contribution is 5.92. The summed E-state index contributed by atoms with van der Waals surface area (Å²) >= 11 is 0. The number of aromatic nitrogens is 2. The Labute approximate surface area is 152 Å². The molecule has 2 aromatic carbocycles. The smallest absolute Gasteiger partial charge is 0.246 e. The maximum atomic E-state index is 12.5. The predicted molar refractivity (Wildman–Crippen MR) is 102 cm³/mol. The van der Waals surface area contributed by atoms with Gasteiger partial charge in [-0.15, -0.1) is 0 Å². The molecule has 1 aromatic heterocycles. The first-order valence-corrected chi connectivity index (χ1v) is 8.77. The van der Waals surface area contributed by atoms with E-state index in [1.165, 1.54) is 0 Å². The van der Waals surface area contributed by atoms with E-state index in [-0.39, 0.29) is 11.9 Å². The summed E-state index contributed by atoms with van der Waals surface area (Å²) in [5, 5.41) is 0. The minimum Gasteiger partial charge on any atom is -0.497 e. The number of rotatable bonds is 4. The highest BCUT2D eigenvalue weighted by Crippen LogP contribution is 2.26. The summed E-state index contributed by atoms with van der Waals surface area (Å²) in [6.45, 7) is 1.47. The van der Waals surface area contributed by atoms with Gasteiger partial charge in [0.2, 0.25) is 5.91 Å². The zero-order valence-corrected chi connectivity index (χ0v) is 14.7. The molecule has 0 saturated carbocycles. The normalized spacial score (nSPS) is 17.3. The Bertz CT molecular complexity index is 961. The molecule has 0 N–H and O–H groups in total. The van der Waals surface area contributed by atoms with Crippen molar-refractivity contribution in [3.63, 3.8) is 0 Å². The molecule has 132 valence electrons. The molecule has 0 radical (unpaired) electrons. The van der Waals surface area contributed by atoms with Crippen LogP contribution in [-0.2, 0) is 4.79 Å². The molecule has 0 aliphatic carbocycles. The van der Waals surface area contributed by atoms with Crippen molar-refractivity contribution in [1.82, 2.24) is 14.5 Å². The van der Waals surface area contributed by atoms with Crippen LogP contribution in [0.4, 0.5) is 0 Å². The molecule has 5 heteroatoms. The second-order valence-electron chi connectivity index (χ2n) is 6.48. The minimum absolute atomic E-state index is 0.0414. The summed E-state index contributed by atoms with van der Waals surface area (Å²) < 4.78 is 7.40. The fourth-order valence-electron chi connectivity index (χ4n) is 3.46. The molecule has 0 unspecified atom stereocenters. The third-order valence-electron chi connectivity index (χ3n) is 4.86. The summed E-state index contributed by atoms with van der Waals surface area (Å²) in [5.41, 5.74) is 3.07. The van der Waals surface area contributed by atoms with E-state index in [1.807, 2.05) is 59.8 Å². The molecule has 1 fully saturated rings. The summed E-state index contributed by atoms with van der Waals surface area (Å²) in [6, 6.07) is 16.1. The van der Waals surface area contributed by atoms with Crippen LogP contribution >= 0.6 is 0 Å². The topological polar surface area (TPSA) is 47.4 Å². The lowest BCUT2D eigenvalue weighted by Crippen LogP contribution is -2.27. The third-order valence-corrected chi connectivity index (χ3v) is 4.86. The van der Waals surface area contributed by atoms with Crippen molar-refractivity contribution in [2.75, 3.05) is 20.2 Å². The zero-order chi connectivity index (χ0) is 17.9. The van der Waals surface area contributed by atoms with E-state index in [0.717, 1.165) is 35.3 Å². The van der Waals surface area contributed by atoms with Gasteiger partial charge in [0, 0.05) is 19.2 Å². The van der Waals surface area contributed by atoms with Crippen molar-refractivity contribution in [3.8, 4) is 5.75 Å². The standard InChI is InChI=1S/C21H21N3O2/c1-26-18-6-4-5-16(13-18)9-10-21(25)23-12-11-17(14-23)24-15-22-19-7-2-3-8-20(19)24/h2-10,13,15,17H,11-12,14H2,1H3/b10-9+/t17-/m0/s1. The molecular formula is C21H21N3O2. The van der Waals surface area contributed by atoms with Crippen LogP contribution in [0.5, 0.6) is 5.75 Å². The molecule has 5 nitrogen and oxygen atoms in total. The summed E-state index contributed by atoms with van der Waals surface area (Å²) in [5.74, 6) is 0.826. The van der Waals surface area contributed by atoms with Crippen LogP contribution in [0.25, 0.3) is 17.1 Å². The molecule has 3 aromatic rings. The van der Waals surface area contributed by atoms with E-state index in [2.05, 4.69) is 15.6 Å². The number of amides is 1. The number of hydrogen-bond acceptors (Lipinski definition) is 3. The van der Waals surface area contributed by atoms with E-state index in [1.54, 1.807) is 13.2 Å². The van der Waals surface area contributed by atoms with Gasteiger partial charge in [-0.05, 0) is 42.3 Å². The number of nitrogens with zero attached hydrogens (tertiary/aromatic N) is 3. The highest BCUT2D eigenvalue weighted by atomic mass is 16.5. The van der Waals surface area contributed by atoms with E-state index in [0.29, 0.717) is 6.54 Å². The van der Waals surface area contributed by atoms with Gasteiger partial charge in [-0.2, -0.15) is 0 Å². The number of benzene rings is 2. The summed E-state index contributed by atoms with van der Waals surface area (Å²) in [6.07, 6.45) is 6.31. The van der Waals surface area contributed by atoms with Crippen LogP contribution in [0.1, 0.15) is 18.0 Å². The van der Waals surface area contributed by atoms with Crippen LogP contribution in [0, 0.1) is 0 Å². The first-order chi connectivity index (χ1) is 12.7. The second-order valence-corrected chi connectivity index (χ2v) is 6.48. The largest absolute Gasteiger partial charge is 0.497 e. The van der Waals surface area contributed by atoms with Crippen LogP contribution in [0.2, 0.25) is 0 Å². The predicted octanol–water partition coefficient (Wildman–Crippen LogP) is 3.53. The van der Waals surface area contributed by atoms with Gasteiger partial charge in [0.25, 0.3) is 0 Å². The van der Waals surface area contributed by atoms with Gasteiger partial charge in [0.15, 0.2) is 0 Å². The van der Waals surface area contributed by atoms with Crippen molar-refractivity contribution in [2.45, 2.75) is 12.5 Å². The van der Waals surface area contributed by atoms with Gasteiger partial charge in [-0.25, -0.2) is 4.98 Å². The van der Waals surface area contributed by atoms with Gasteiger partial charge in [0.05, 0.1) is 30.5 Å². The van der Waals surface area contributed by atoms with Crippen molar-refractivity contribution in [3.05, 3.63) is 66.5 Å². The Hall–Kier alpha value is -3.08. The van der Waals surface area contributed by atoms with Gasteiger partial charge in [-0.1, -0.05) is 24.3 Å². The van der Waals surface area contributed by atoms with Crippen molar-refractivity contribution < 1.29 is 9.53 Å². The number of fused-ring (bicyclic) bond motifs is 1. The Kier molecular flexibility index (Phi) is 4.44. The Balaban J connectivity index is 1.44. The molecule has 1 saturated heterocycles. The van der Waals surface area contributed by atoms with E-state index < -0.39 is 0 Å². The number of hydrogen-bond donors (Lipinski definition) is 0. The van der Waals surface area contributed by atoms with Gasteiger partial charge < -0.3 is 14.2 Å². The molecule has 1 amide bonds. The van der Waals surface area contributed by atoms with E-state index >= 15 is 0 Å². The number of ether oxygens (including phenoxy) is 1. The third kappa shape index (κ3) is 3.20. The number of methoxy groups -OCH3 is 1. The van der Waals surface area contributed by atoms with Gasteiger partial charge in [0.1, 0.15) is 5.75 Å². The van der Waals surface area contributed by atoms with Crippen molar-refractivity contribution in [1.29, 1.82) is 0 Å². The minimum atomic E-state index is 0.0414. The highest BCUT2D eigenvalue weighted by Gasteiger charge is 2.27. The molecule has 0 spiro atoms. The van der Waals surface area contributed by atoms with E-state index in [4.69, 9.17) is 4.74 Å². The van der Waals surface area contributed by atoms with Crippen LogP contribution < -0.4 is 4.74 Å². The average molecular weight is 347 g/mol. The number of imidazole rings is 1. The Morgan fingerprint density at radius 1 is 1.23 bits per heavy atom. The maximum absolute atomic E-state index is 12.5. The molecule has 1 aliphatic heterocycles. The first kappa shape index (κ1) is 16.4. The average Bonchev–Trinajstić information content (AvgIpc) is 3.33. The molecule has 26 heavy (non-hydrogen) atoms. The number of para-hydroxylation sites is 2. The van der Waals surface area contributed by atoms with Gasteiger partial charge in [-0.3, -0.25) is 4.79 Å². The molecule has 1 atom stereocenters. The van der Waals surface area contributed by atoms with E-state index in [9.17, 15) is 4.79 Å². The Morgan fingerprint density at radius 3 is 3.00 bits per heavy atom. The fraction of sp³-hybridized carbons (Fsp3) is 0.238. The van der Waals surface area contributed by atoms with Crippen molar-refractivity contribution >= 4 is 23.0 Å². The number of carbonyl (C=O) groups is 1. The molecule has 1 aliphatic rings. The van der Waals surface area contributed by atoms with Crippen LogP contribution in [0.15, 0.2) is 60.9 Å². The number of carbonyl (C=O) groups excluding carboxylic acids is 1. The summed E-state index contributed by atoms with van der Waals surface area (Å²) in [4.78, 5) is 18.9. The molecular weight excluding hydrogens is 326 g/mol. The van der Waals surface area contributed by atoms with Crippen LogP contribution in [0.3, 0.4) is 0 Å². The van der Waals surface area contributed by atoms with Crippen molar-refractivity contribution in [2.24, 2.45) is 0 Å². The lowest BCUT2D eigenvalue weighted by atomic mass is 10.2. The number of likely N-dealkylation sites (tertiary alicyclic amines) is 1.